The SMILES string of the molecule is CC(C)C(O)CNC(=O)CCn1cccn1. The van der Waals surface area contributed by atoms with Gasteiger partial charge in [-0.3, -0.25) is 9.48 Å². The summed E-state index contributed by atoms with van der Waals surface area (Å²) in [5.41, 5.74) is 0. The van der Waals surface area contributed by atoms with Gasteiger partial charge < -0.3 is 10.4 Å². The molecule has 0 aromatic carbocycles. The van der Waals surface area contributed by atoms with E-state index in [0.717, 1.165) is 0 Å². The Labute approximate surface area is 95.5 Å². The van der Waals surface area contributed by atoms with Crippen molar-refractivity contribution in [3.05, 3.63) is 18.5 Å². The van der Waals surface area contributed by atoms with Crippen LogP contribution in [0.2, 0.25) is 0 Å². The second kappa shape index (κ2) is 6.27. The van der Waals surface area contributed by atoms with Crippen molar-refractivity contribution in [1.82, 2.24) is 15.1 Å². The van der Waals surface area contributed by atoms with Crippen LogP contribution in [-0.2, 0) is 11.3 Å². The Morgan fingerprint density at radius 2 is 2.31 bits per heavy atom. The summed E-state index contributed by atoms with van der Waals surface area (Å²) < 4.78 is 1.71. The quantitative estimate of drug-likeness (QED) is 0.736. The second-order valence-corrected chi connectivity index (χ2v) is 4.13. The molecule has 0 saturated heterocycles. The van der Waals surface area contributed by atoms with Gasteiger partial charge in [0.1, 0.15) is 0 Å². The van der Waals surface area contributed by atoms with Gasteiger partial charge in [-0.15, -0.1) is 0 Å². The molecule has 0 aliphatic carbocycles. The fraction of sp³-hybridized carbons (Fsp3) is 0.636. The zero-order valence-electron chi connectivity index (χ0n) is 9.76. The molecule has 0 bridgehead atoms. The monoisotopic (exact) mass is 225 g/mol. The highest BCUT2D eigenvalue weighted by Gasteiger charge is 2.10. The smallest absolute Gasteiger partial charge is 0.221 e. The van der Waals surface area contributed by atoms with Crippen molar-refractivity contribution in [2.24, 2.45) is 5.92 Å². The van der Waals surface area contributed by atoms with Crippen molar-refractivity contribution in [2.75, 3.05) is 6.54 Å². The van der Waals surface area contributed by atoms with Crippen molar-refractivity contribution in [3.8, 4) is 0 Å². The van der Waals surface area contributed by atoms with E-state index in [1.807, 2.05) is 26.1 Å². The number of carbonyl (C=O) groups excluding carboxylic acids is 1. The lowest BCUT2D eigenvalue weighted by molar-refractivity contribution is -0.121. The van der Waals surface area contributed by atoms with Crippen LogP contribution in [0.5, 0.6) is 0 Å². The Morgan fingerprint density at radius 1 is 1.56 bits per heavy atom. The van der Waals surface area contributed by atoms with Crippen LogP contribution in [-0.4, -0.2) is 33.4 Å². The molecule has 0 radical (unpaired) electrons. The molecule has 0 fully saturated rings. The Bertz CT molecular complexity index is 309. The van der Waals surface area contributed by atoms with Crippen molar-refractivity contribution in [3.63, 3.8) is 0 Å². The third kappa shape index (κ3) is 4.44. The van der Waals surface area contributed by atoms with Gasteiger partial charge in [0.2, 0.25) is 5.91 Å². The third-order valence-electron chi connectivity index (χ3n) is 2.41. The summed E-state index contributed by atoms with van der Waals surface area (Å²) in [5, 5.41) is 16.2. The van der Waals surface area contributed by atoms with E-state index in [9.17, 15) is 9.90 Å². The molecule has 0 spiro atoms. The van der Waals surface area contributed by atoms with Crippen LogP contribution < -0.4 is 5.32 Å². The summed E-state index contributed by atoms with van der Waals surface area (Å²) in [4.78, 5) is 11.4. The Balaban J connectivity index is 2.16. The lowest BCUT2D eigenvalue weighted by atomic mass is 10.1. The van der Waals surface area contributed by atoms with Gasteiger partial charge in [0.25, 0.3) is 0 Å². The van der Waals surface area contributed by atoms with Crippen LogP contribution in [0, 0.1) is 5.92 Å². The number of carbonyl (C=O) groups is 1. The maximum atomic E-state index is 11.4. The van der Waals surface area contributed by atoms with E-state index >= 15 is 0 Å². The Morgan fingerprint density at radius 3 is 2.88 bits per heavy atom. The largest absolute Gasteiger partial charge is 0.391 e. The molecule has 0 aliphatic heterocycles. The average Bonchev–Trinajstić information content (AvgIpc) is 2.75. The summed E-state index contributed by atoms with van der Waals surface area (Å²) in [6.45, 7) is 4.72. The summed E-state index contributed by atoms with van der Waals surface area (Å²) in [6, 6.07) is 1.82. The number of amides is 1. The fourth-order valence-corrected chi connectivity index (χ4v) is 1.19. The predicted octanol–water partition coefficient (Wildman–Crippen LogP) is 0.406. The molecular weight excluding hydrogens is 206 g/mol. The minimum atomic E-state index is -0.478. The molecule has 1 aromatic rings. The average molecular weight is 225 g/mol. The van der Waals surface area contributed by atoms with Crippen LogP contribution in [0.15, 0.2) is 18.5 Å². The minimum Gasteiger partial charge on any atom is -0.391 e. The maximum absolute atomic E-state index is 11.4. The van der Waals surface area contributed by atoms with E-state index in [0.29, 0.717) is 19.5 Å². The van der Waals surface area contributed by atoms with Gasteiger partial charge in [-0.1, -0.05) is 13.8 Å². The number of aryl methyl sites for hydroxylation is 1. The molecule has 2 N–H and O–H groups in total. The van der Waals surface area contributed by atoms with Crippen molar-refractivity contribution in [2.45, 2.75) is 32.9 Å². The number of hydrogen-bond acceptors (Lipinski definition) is 3. The first-order chi connectivity index (χ1) is 7.59. The van der Waals surface area contributed by atoms with Gasteiger partial charge in [-0.2, -0.15) is 5.10 Å². The molecule has 1 amide bonds. The number of aliphatic hydroxyl groups excluding tert-OH is 1. The van der Waals surface area contributed by atoms with E-state index in [1.54, 1.807) is 10.9 Å². The van der Waals surface area contributed by atoms with Gasteiger partial charge in [-0.05, 0) is 12.0 Å². The lowest BCUT2D eigenvalue weighted by Gasteiger charge is -2.14. The van der Waals surface area contributed by atoms with Crippen LogP contribution in [0.25, 0.3) is 0 Å². The van der Waals surface area contributed by atoms with E-state index in [2.05, 4.69) is 10.4 Å². The first kappa shape index (κ1) is 12.7. The summed E-state index contributed by atoms with van der Waals surface area (Å²) in [5.74, 6) is 0.0987. The number of nitrogens with one attached hydrogen (secondary N) is 1. The van der Waals surface area contributed by atoms with Crippen LogP contribution in [0.4, 0.5) is 0 Å². The molecule has 5 nitrogen and oxygen atoms in total. The van der Waals surface area contributed by atoms with E-state index in [-0.39, 0.29) is 11.8 Å². The van der Waals surface area contributed by atoms with Crippen molar-refractivity contribution in [1.29, 1.82) is 0 Å². The highest BCUT2D eigenvalue weighted by Crippen LogP contribution is 1.99. The van der Waals surface area contributed by atoms with Crippen LogP contribution in [0.1, 0.15) is 20.3 Å². The van der Waals surface area contributed by atoms with E-state index in [1.165, 1.54) is 0 Å². The molecule has 0 aliphatic rings. The topological polar surface area (TPSA) is 67.2 Å². The number of aliphatic hydroxyl groups is 1. The summed E-state index contributed by atoms with van der Waals surface area (Å²) in [7, 11) is 0. The molecular formula is C11H19N3O2. The summed E-state index contributed by atoms with van der Waals surface area (Å²) >= 11 is 0. The van der Waals surface area contributed by atoms with Crippen molar-refractivity contribution < 1.29 is 9.90 Å². The van der Waals surface area contributed by atoms with Gasteiger partial charge in [0, 0.05) is 31.9 Å². The molecule has 1 atom stereocenters. The fourth-order valence-electron chi connectivity index (χ4n) is 1.19. The maximum Gasteiger partial charge on any atom is 0.221 e. The number of rotatable bonds is 6. The second-order valence-electron chi connectivity index (χ2n) is 4.13. The van der Waals surface area contributed by atoms with Gasteiger partial charge >= 0.3 is 0 Å². The Kier molecular flexibility index (Phi) is 4.98. The first-order valence-electron chi connectivity index (χ1n) is 5.52. The molecule has 1 heterocycles. The number of aromatic nitrogens is 2. The Hall–Kier alpha value is -1.36. The third-order valence-corrected chi connectivity index (χ3v) is 2.41. The molecule has 90 valence electrons. The molecule has 16 heavy (non-hydrogen) atoms. The predicted molar refractivity (Wildman–Crippen MR) is 60.7 cm³/mol. The van der Waals surface area contributed by atoms with Gasteiger partial charge in [-0.25, -0.2) is 0 Å². The molecule has 5 heteroatoms. The zero-order chi connectivity index (χ0) is 12.0. The number of hydrogen-bond donors (Lipinski definition) is 2. The van der Waals surface area contributed by atoms with E-state index < -0.39 is 6.10 Å². The molecule has 0 saturated carbocycles. The zero-order valence-corrected chi connectivity index (χ0v) is 9.76. The lowest BCUT2D eigenvalue weighted by Crippen LogP contribution is -2.35. The summed E-state index contributed by atoms with van der Waals surface area (Å²) in [6.07, 6.45) is 3.40. The molecule has 1 rings (SSSR count). The highest BCUT2D eigenvalue weighted by molar-refractivity contribution is 5.75. The standard InChI is InChI=1S/C11H19N3O2/c1-9(2)10(15)8-12-11(16)4-7-14-6-3-5-13-14/h3,5-6,9-10,15H,4,7-8H2,1-2H3,(H,12,16). The van der Waals surface area contributed by atoms with E-state index in [4.69, 9.17) is 0 Å². The molecule has 1 unspecified atom stereocenters. The van der Waals surface area contributed by atoms with Gasteiger partial charge in [0.05, 0.1) is 6.10 Å². The van der Waals surface area contributed by atoms with Crippen LogP contribution >= 0.6 is 0 Å². The number of nitrogens with zero attached hydrogens (tertiary/aromatic N) is 2. The minimum absolute atomic E-state index is 0.0600. The van der Waals surface area contributed by atoms with Crippen LogP contribution in [0.3, 0.4) is 0 Å². The normalized spacial score (nSPS) is 12.8. The molecule has 1 aromatic heterocycles. The van der Waals surface area contributed by atoms with Gasteiger partial charge in [0.15, 0.2) is 0 Å². The first-order valence-corrected chi connectivity index (χ1v) is 5.52. The highest BCUT2D eigenvalue weighted by atomic mass is 16.3. The van der Waals surface area contributed by atoms with Crippen molar-refractivity contribution >= 4 is 5.91 Å².